The number of amides is 4. The quantitative estimate of drug-likeness (QED) is 0.0682. The molecule has 3 aromatic heterocycles. The summed E-state index contributed by atoms with van der Waals surface area (Å²) in [6.07, 6.45) is 2.67. The van der Waals surface area contributed by atoms with Crippen LogP contribution < -0.4 is 20.9 Å². The first kappa shape index (κ1) is 49.3. The third-order valence-corrected chi connectivity index (χ3v) is 16.1. The topological polar surface area (TPSA) is 196 Å². The van der Waals surface area contributed by atoms with E-state index in [-0.39, 0.29) is 47.9 Å². The molecule has 0 bridgehead atoms. The number of methoxy groups -OCH3 is 1. The zero-order valence-electron chi connectivity index (χ0n) is 39.7. The molecule has 2 aliphatic heterocycles. The van der Waals surface area contributed by atoms with Gasteiger partial charge in [0.25, 0.3) is 5.91 Å². The van der Waals surface area contributed by atoms with Crippen molar-refractivity contribution in [1.29, 1.82) is 0 Å². The summed E-state index contributed by atoms with van der Waals surface area (Å²) in [4.78, 5) is 86.6. The van der Waals surface area contributed by atoms with Crippen molar-refractivity contribution in [3.63, 3.8) is 0 Å². The van der Waals surface area contributed by atoms with Crippen LogP contribution in [0.1, 0.15) is 114 Å². The Kier molecular flexibility index (Phi) is 15.2. The second-order valence-electron chi connectivity index (χ2n) is 18.7. The third-order valence-electron chi connectivity index (χ3n) is 12.9. The smallest absolute Gasteiger partial charge is 0.355 e. The molecule has 0 aliphatic carbocycles. The number of aromatic carboxylic acids is 1. The average molecular weight is 991 g/mol. The lowest BCUT2D eigenvalue weighted by Crippen LogP contribution is -2.57. The number of aryl methyl sites for hydroxylation is 2. The summed E-state index contributed by atoms with van der Waals surface area (Å²) < 4.78 is 6.77. The van der Waals surface area contributed by atoms with Crippen molar-refractivity contribution in [1.82, 2.24) is 30.5 Å². The fourth-order valence-electron chi connectivity index (χ4n) is 9.07. The largest absolute Gasteiger partial charge is 0.476 e. The summed E-state index contributed by atoms with van der Waals surface area (Å²) in [5, 5.41) is 20.4. The number of nitrogens with one attached hydrogen (secondary N) is 3. The molecular weight excluding hydrogens is 933 g/mol. The van der Waals surface area contributed by atoms with Crippen molar-refractivity contribution in [2.45, 2.75) is 110 Å². The van der Waals surface area contributed by atoms with E-state index in [1.165, 1.54) is 22.7 Å². The molecule has 15 nitrogen and oxygen atoms in total. The van der Waals surface area contributed by atoms with Gasteiger partial charge in [0.2, 0.25) is 17.7 Å². The Hall–Kier alpha value is -6.08. The molecule has 1 saturated heterocycles. The predicted molar refractivity (Wildman–Crippen MR) is 271 cm³/mol. The third kappa shape index (κ3) is 11.4. The average Bonchev–Trinajstić information content (AvgIpc) is 4.17. The summed E-state index contributed by atoms with van der Waals surface area (Å²) in [7, 11) is 1.56. The number of fused-ring (bicyclic) bond motifs is 2. The Bertz CT molecular complexity index is 2820. The molecule has 4 amide bonds. The fourth-order valence-corrected chi connectivity index (χ4v) is 11.8. The van der Waals surface area contributed by atoms with Crippen molar-refractivity contribution < 1.29 is 33.8 Å². The monoisotopic (exact) mass is 990 g/mol. The van der Waals surface area contributed by atoms with E-state index < -0.39 is 23.5 Å². The van der Waals surface area contributed by atoms with Crippen LogP contribution in [0.4, 0.5) is 10.3 Å². The molecule has 6 aromatic rings. The lowest BCUT2D eigenvalue weighted by molar-refractivity contribution is -0.144. The summed E-state index contributed by atoms with van der Waals surface area (Å²) >= 11 is 4.31. The molecule has 2 aliphatic rings. The number of ether oxygens (including phenoxy) is 1. The molecule has 1 fully saturated rings. The van der Waals surface area contributed by atoms with Gasteiger partial charge in [0, 0.05) is 43.6 Å². The molecular formula is C51H58N8O7S3. The molecule has 3 aromatic carbocycles. The van der Waals surface area contributed by atoms with Crippen LogP contribution in [0.15, 0.2) is 72.2 Å². The maximum atomic E-state index is 14.3. The van der Waals surface area contributed by atoms with Crippen LogP contribution in [0, 0.1) is 12.3 Å². The molecule has 69 heavy (non-hydrogen) atoms. The Morgan fingerprint density at radius 3 is 2.43 bits per heavy atom. The molecule has 362 valence electrons. The van der Waals surface area contributed by atoms with Crippen molar-refractivity contribution in [2.24, 2.45) is 5.41 Å². The lowest BCUT2D eigenvalue weighted by atomic mass is 9.85. The van der Waals surface area contributed by atoms with E-state index in [2.05, 4.69) is 30.9 Å². The summed E-state index contributed by atoms with van der Waals surface area (Å²) in [6, 6.07) is 19.6. The van der Waals surface area contributed by atoms with Gasteiger partial charge in [-0.3, -0.25) is 24.5 Å². The Labute approximate surface area is 413 Å². The van der Waals surface area contributed by atoms with Crippen molar-refractivity contribution in [3.05, 3.63) is 111 Å². The van der Waals surface area contributed by atoms with Crippen LogP contribution in [0.25, 0.3) is 20.7 Å². The van der Waals surface area contributed by atoms with Crippen molar-refractivity contribution in [3.8, 4) is 10.4 Å². The maximum Gasteiger partial charge on any atom is 0.355 e. The van der Waals surface area contributed by atoms with Crippen molar-refractivity contribution in [2.75, 3.05) is 30.4 Å². The highest BCUT2D eigenvalue weighted by Gasteiger charge is 2.42. The normalized spacial score (nSPS) is 16.2. The van der Waals surface area contributed by atoms with Gasteiger partial charge >= 0.3 is 5.97 Å². The van der Waals surface area contributed by atoms with Crippen LogP contribution in [-0.4, -0.2) is 92.9 Å². The number of rotatable bonds is 17. The van der Waals surface area contributed by atoms with Gasteiger partial charge in [-0.25, -0.2) is 19.7 Å². The van der Waals surface area contributed by atoms with Gasteiger partial charge < -0.3 is 30.3 Å². The van der Waals surface area contributed by atoms with Crippen LogP contribution in [0.5, 0.6) is 0 Å². The summed E-state index contributed by atoms with van der Waals surface area (Å²) in [5.41, 5.74) is 7.41. The van der Waals surface area contributed by atoms with Gasteiger partial charge in [0.05, 0.1) is 38.4 Å². The number of para-hydroxylation sites is 1. The predicted octanol–water partition coefficient (Wildman–Crippen LogP) is 8.83. The number of carboxylic acids is 1. The standard InChI is InChI=1S/C51H58N8O7S3/c1-29(31-16-18-33(19-17-31)43-30(2)52-28-67-43)53-46(62)38-14-10-25-59(38)47(63)44(51(3,4)5)55-41(60)23-21-34(66-6)20-22-40-42(48(64)65)56-50(69-40)58-26-24-32-11-9-12-35(36(32)27-58)45(61)57-49-54-37-13-7-8-15-39(37)68-49/h7-9,11-13,15-19,28-29,34,38,44H,10,14,20-27H2,1-6H3,(H,53,62)(H,55,60)(H,64,65)(H,54,57,61). The highest BCUT2D eigenvalue weighted by molar-refractivity contribution is 7.22. The Morgan fingerprint density at radius 1 is 0.942 bits per heavy atom. The van der Waals surface area contributed by atoms with Crippen LogP contribution in [0.3, 0.4) is 0 Å². The zero-order valence-corrected chi connectivity index (χ0v) is 42.1. The fraction of sp³-hybridized carbons (Fsp3) is 0.412. The lowest BCUT2D eigenvalue weighted by Gasteiger charge is -2.35. The highest BCUT2D eigenvalue weighted by Crippen LogP contribution is 2.35. The van der Waals surface area contributed by atoms with Gasteiger partial charge in [-0.05, 0) is 98.2 Å². The first-order chi connectivity index (χ1) is 33.1. The molecule has 0 radical (unpaired) electrons. The van der Waals surface area contributed by atoms with Crippen LogP contribution >= 0.6 is 34.0 Å². The molecule has 8 rings (SSSR count). The van der Waals surface area contributed by atoms with E-state index in [9.17, 15) is 29.1 Å². The van der Waals surface area contributed by atoms with Gasteiger partial charge in [-0.15, -0.1) is 22.7 Å². The molecule has 0 saturated carbocycles. The molecule has 4 atom stereocenters. The summed E-state index contributed by atoms with van der Waals surface area (Å²) in [6.45, 7) is 11.0. The van der Waals surface area contributed by atoms with E-state index in [0.29, 0.717) is 78.9 Å². The van der Waals surface area contributed by atoms with Gasteiger partial charge in [-0.1, -0.05) is 80.6 Å². The van der Waals surface area contributed by atoms with Crippen LogP contribution in [0.2, 0.25) is 0 Å². The number of carbonyl (C=O) groups is 5. The van der Waals surface area contributed by atoms with Crippen LogP contribution in [-0.2, 0) is 38.5 Å². The molecule has 4 unspecified atom stereocenters. The molecule has 4 N–H and O–H groups in total. The number of aromatic nitrogens is 3. The van der Waals surface area contributed by atoms with Gasteiger partial charge in [-0.2, -0.15) is 0 Å². The number of benzene rings is 3. The minimum absolute atomic E-state index is 0.0262. The second kappa shape index (κ2) is 21.3. The summed E-state index contributed by atoms with van der Waals surface area (Å²) in [5.74, 6) is -2.23. The maximum absolute atomic E-state index is 14.3. The SMILES string of the molecule is COC(CCC(=O)NC(C(=O)N1CCCC1C(=O)NC(C)c1ccc(-c2scnc2C)cc1)C(C)(C)C)CCc1sc(N2CCc3cccc(C(=O)Nc4nc5ccccc5s4)c3C2)nc1C(=O)O. The van der Waals surface area contributed by atoms with E-state index in [4.69, 9.17) is 4.74 Å². The van der Waals surface area contributed by atoms with Crippen molar-refractivity contribution >= 4 is 84.1 Å². The minimum Gasteiger partial charge on any atom is -0.476 e. The number of hydrogen-bond donors (Lipinski definition) is 4. The minimum atomic E-state index is -1.13. The van der Waals surface area contributed by atoms with E-state index in [0.717, 1.165) is 43.0 Å². The highest BCUT2D eigenvalue weighted by atomic mass is 32.1. The van der Waals surface area contributed by atoms with Gasteiger partial charge in [0.1, 0.15) is 12.1 Å². The van der Waals surface area contributed by atoms with E-state index >= 15 is 0 Å². The van der Waals surface area contributed by atoms with E-state index in [1.807, 2.05) is 106 Å². The zero-order chi connectivity index (χ0) is 49.0. The number of hydrogen-bond acceptors (Lipinski definition) is 13. The Balaban J connectivity index is 0.855. The number of carboxylic acid groups (broad SMARTS) is 1. The number of nitrogens with zero attached hydrogens (tertiary/aromatic N) is 5. The first-order valence-corrected chi connectivity index (χ1v) is 25.8. The number of likely N-dealkylation sites (tertiary alicyclic amines) is 1. The number of thiazole rings is 3. The number of carbonyl (C=O) groups excluding carboxylic acids is 4. The van der Waals surface area contributed by atoms with Gasteiger partial charge in [0.15, 0.2) is 16.0 Å². The number of anilines is 2. The van der Waals surface area contributed by atoms with E-state index in [1.54, 1.807) is 29.4 Å². The molecule has 0 spiro atoms. The second-order valence-corrected chi connectivity index (χ2v) is 21.7. The molecule has 18 heteroatoms. The molecule has 5 heterocycles. The first-order valence-electron chi connectivity index (χ1n) is 23.3. The Morgan fingerprint density at radius 2 is 1.72 bits per heavy atom.